The highest BCUT2D eigenvalue weighted by molar-refractivity contribution is 6.31. The number of hydrogen-bond donors (Lipinski definition) is 1. The van der Waals surface area contributed by atoms with Crippen LogP contribution >= 0.6 is 11.6 Å². The van der Waals surface area contributed by atoms with Crippen molar-refractivity contribution in [2.45, 2.75) is 12.5 Å². The number of carbonyl (C=O) groups excluding carboxylic acids is 1. The van der Waals surface area contributed by atoms with E-state index in [4.69, 9.17) is 16.3 Å². The van der Waals surface area contributed by atoms with Gasteiger partial charge in [-0.1, -0.05) is 29.8 Å². The van der Waals surface area contributed by atoms with E-state index in [-0.39, 0.29) is 12.0 Å². The molecule has 1 aromatic heterocycles. The van der Waals surface area contributed by atoms with Crippen LogP contribution in [0.5, 0.6) is 0 Å². The number of benzene rings is 1. The summed E-state index contributed by atoms with van der Waals surface area (Å²) in [5, 5.41) is 3.69. The van der Waals surface area contributed by atoms with E-state index >= 15 is 0 Å². The number of hydrogen-bond acceptors (Lipinski definition) is 4. The van der Waals surface area contributed by atoms with Crippen molar-refractivity contribution in [1.82, 2.24) is 9.88 Å². The highest BCUT2D eigenvalue weighted by atomic mass is 35.5. The first-order valence-corrected chi connectivity index (χ1v) is 8.33. The third-order valence-electron chi connectivity index (χ3n) is 4.09. The van der Waals surface area contributed by atoms with Crippen LogP contribution in [0.2, 0.25) is 5.02 Å². The molecule has 1 amide bonds. The quantitative estimate of drug-likeness (QED) is 0.925. The van der Waals surface area contributed by atoms with Crippen LogP contribution in [0.25, 0.3) is 0 Å². The van der Waals surface area contributed by atoms with E-state index in [0.29, 0.717) is 37.5 Å². The first-order valence-electron chi connectivity index (χ1n) is 7.95. The minimum absolute atomic E-state index is 0.00126. The average molecular weight is 346 g/mol. The van der Waals surface area contributed by atoms with Crippen LogP contribution in [0.3, 0.4) is 0 Å². The Bertz CT molecular complexity index is 723. The lowest BCUT2D eigenvalue weighted by atomic mass is 10.1. The van der Waals surface area contributed by atoms with Crippen molar-refractivity contribution in [2.75, 3.05) is 32.1 Å². The van der Waals surface area contributed by atoms with Gasteiger partial charge in [-0.25, -0.2) is 4.98 Å². The van der Waals surface area contributed by atoms with Crippen LogP contribution in [-0.2, 0) is 11.2 Å². The summed E-state index contributed by atoms with van der Waals surface area (Å²) in [7, 11) is 1.78. The second-order valence-electron chi connectivity index (χ2n) is 5.72. The Morgan fingerprint density at radius 1 is 1.42 bits per heavy atom. The molecular formula is C18H20ClN3O2. The molecule has 3 rings (SSSR count). The maximum Gasteiger partial charge on any atom is 0.254 e. The Balaban J connectivity index is 1.68. The summed E-state index contributed by atoms with van der Waals surface area (Å²) in [5.41, 5.74) is 1.67. The Morgan fingerprint density at radius 2 is 2.25 bits per heavy atom. The van der Waals surface area contributed by atoms with Gasteiger partial charge in [-0.05, 0) is 23.8 Å². The number of halogens is 1. The first kappa shape index (κ1) is 16.7. The zero-order chi connectivity index (χ0) is 16.9. The van der Waals surface area contributed by atoms with Gasteiger partial charge in [0.25, 0.3) is 5.91 Å². The molecule has 2 aromatic rings. The second-order valence-corrected chi connectivity index (χ2v) is 6.13. The van der Waals surface area contributed by atoms with Crippen LogP contribution in [0.4, 0.5) is 5.82 Å². The number of morpholine rings is 1. The summed E-state index contributed by atoms with van der Waals surface area (Å²) in [6.45, 7) is 1.68. The van der Waals surface area contributed by atoms with Crippen molar-refractivity contribution < 1.29 is 9.53 Å². The normalized spacial score (nSPS) is 17.6. The summed E-state index contributed by atoms with van der Waals surface area (Å²) < 4.78 is 5.82. The van der Waals surface area contributed by atoms with Crippen molar-refractivity contribution in [3.8, 4) is 0 Å². The molecule has 1 saturated heterocycles. The molecular weight excluding hydrogens is 326 g/mol. The molecule has 0 bridgehead atoms. The highest BCUT2D eigenvalue weighted by Gasteiger charge is 2.25. The molecule has 1 aromatic carbocycles. The summed E-state index contributed by atoms with van der Waals surface area (Å²) in [4.78, 5) is 18.7. The van der Waals surface area contributed by atoms with Gasteiger partial charge in [0.15, 0.2) is 0 Å². The van der Waals surface area contributed by atoms with E-state index in [1.165, 1.54) is 0 Å². The standard InChI is InChI=1S/C18H20ClN3O2/c1-20-17-11-14(6-7-21-17)18(23)22-8-9-24-15(12-22)10-13-4-2-3-5-16(13)19/h2-7,11,15H,8-10,12H2,1H3,(H,20,21). The predicted octanol–water partition coefficient (Wildman–Crippen LogP) is 2.86. The van der Waals surface area contributed by atoms with Gasteiger partial charge in [-0.2, -0.15) is 0 Å². The fourth-order valence-corrected chi connectivity index (χ4v) is 3.03. The molecule has 6 heteroatoms. The fourth-order valence-electron chi connectivity index (χ4n) is 2.82. The zero-order valence-electron chi connectivity index (χ0n) is 13.5. The van der Waals surface area contributed by atoms with Gasteiger partial charge in [0.1, 0.15) is 5.82 Å². The Labute approximate surface area is 146 Å². The molecule has 1 aliphatic rings. The van der Waals surface area contributed by atoms with Gasteiger partial charge >= 0.3 is 0 Å². The van der Waals surface area contributed by atoms with Crippen molar-refractivity contribution >= 4 is 23.3 Å². The lowest BCUT2D eigenvalue weighted by Crippen LogP contribution is -2.46. The van der Waals surface area contributed by atoms with Gasteiger partial charge in [0, 0.05) is 43.3 Å². The van der Waals surface area contributed by atoms with Gasteiger partial charge in [-0.15, -0.1) is 0 Å². The zero-order valence-corrected chi connectivity index (χ0v) is 14.3. The summed E-state index contributed by atoms with van der Waals surface area (Å²) >= 11 is 6.22. The highest BCUT2D eigenvalue weighted by Crippen LogP contribution is 2.20. The van der Waals surface area contributed by atoms with E-state index in [2.05, 4.69) is 10.3 Å². The van der Waals surface area contributed by atoms with Gasteiger partial charge < -0.3 is 15.0 Å². The van der Waals surface area contributed by atoms with Crippen molar-refractivity contribution in [1.29, 1.82) is 0 Å². The molecule has 1 atom stereocenters. The number of carbonyl (C=O) groups is 1. The maximum atomic E-state index is 12.7. The monoisotopic (exact) mass is 345 g/mol. The Kier molecular flexibility index (Phi) is 5.33. The number of anilines is 1. The minimum Gasteiger partial charge on any atom is -0.374 e. The van der Waals surface area contributed by atoms with E-state index in [1.807, 2.05) is 29.2 Å². The Morgan fingerprint density at radius 3 is 3.04 bits per heavy atom. The van der Waals surface area contributed by atoms with Gasteiger partial charge in [0.2, 0.25) is 0 Å². The second kappa shape index (κ2) is 7.64. The minimum atomic E-state index is -0.0480. The molecule has 0 spiro atoms. The SMILES string of the molecule is CNc1cc(C(=O)N2CCOC(Cc3ccccc3Cl)C2)ccn1. The lowest BCUT2D eigenvalue weighted by molar-refractivity contribution is -0.0208. The molecule has 1 fully saturated rings. The molecule has 24 heavy (non-hydrogen) atoms. The van der Waals surface area contributed by atoms with Crippen LogP contribution in [0.15, 0.2) is 42.6 Å². The van der Waals surface area contributed by atoms with E-state index in [9.17, 15) is 4.79 Å². The molecule has 2 heterocycles. The number of aromatic nitrogens is 1. The smallest absolute Gasteiger partial charge is 0.254 e. The van der Waals surface area contributed by atoms with Crippen molar-refractivity contribution in [2.24, 2.45) is 0 Å². The number of ether oxygens (including phenoxy) is 1. The molecule has 0 radical (unpaired) electrons. The molecule has 1 N–H and O–H groups in total. The number of pyridine rings is 1. The molecule has 0 aliphatic carbocycles. The molecule has 126 valence electrons. The van der Waals surface area contributed by atoms with Crippen LogP contribution in [0.1, 0.15) is 15.9 Å². The maximum absolute atomic E-state index is 12.7. The molecule has 5 nitrogen and oxygen atoms in total. The molecule has 1 aliphatic heterocycles. The van der Waals surface area contributed by atoms with E-state index in [1.54, 1.807) is 25.4 Å². The molecule has 1 unspecified atom stereocenters. The Hall–Kier alpha value is -2.11. The number of nitrogens with one attached hydrogen (secondary N) is 1. The first-order chi connectivity index (χ1) is 11.7. The third kappa shape index (κ3) is 3.86. The lowest BCUT2D eigenvalue weighted by Gasteiger charge is -2.33. The summed E-state index contributed by atoms with van der Waals surface area (Å²) in [5.74, 6) is 0.683. The van der Waals surface area contributed by atoms with Crippen LogP contribution < -0.4 is 5.32 Å². The summed E-state index contributed by atoms with van der Waals surface area (Å²) in [6.07, 6.45) is 2.29. The average Bonchev–Trinajstić information content (AvgIpc) is 2.63. The van der Waals surface area contributed by atoms with Crippen LogP contribution in [0, 0.1) is 0 Å². The van der Waals surface area contributed by atoms with Gasteiger partial charge in [0.05, 0.1) is 12.7 Å². The molecule has 0 saturated carbocycles. The topological polar surface area (TPSA) is 54.5 Å². The predicted molar refractivity (Wildman–Crippen MR) is 94.6 cm³/mol. The number of amides is 1. The van der Waals surface area contributed by atoms with Crippen molar-refractivity contribution in [3.05, 3.63) is 58.7 Å². The van der Waals surface area contributed by atoms with Crippen molar-refractivity contribution in [3.63, 3.8) is 0 Å². The fraction of sp³-hybridized carbons (Fsp3) is 0.333. The number of nitrogens with zero attached hydrogens (tertiary/aromatic N) is 2. The largest absolute Gasteiger partial charge is 0.374 e. The number of rotatable bonds is 4. The summed E-state index contributed by atoms with van der Waals surface area (Å²) in [6, 6.07) is 11.2. The third-order valence-corrected chi connectivity index (χ3v) is 4.46. The van der Waals surface area contributed by atoms with E-state index < -0.39 is 0 Å². The van der Waals surface area contributed by atoms with Crippen LogP contribution in [-0.4, -0.2) is 48.6 Å². The van der Waals surface area contributed by atoms with E-state index in [0.717, 1.165) is 10.6 Å². The van der Waals surface area contributed by atoms with Gasteiger partial charge in [-0.3, -0.25) is 4.79 Å².